The van der Waals surface area contributed by atoms with E-state index in [4.69, 9.17) is 5.26 Å². The van der Waals surface area contributed by atoms with Crippen molar-refractivity contribution in [2.24, 2.45) is 0 Å². The van der Waals surface area contributed by atoms with Crippen LogP contribution in [0.1, 0.15) is 27.9 Å². The zero-order chi connectivity index (χ0) is 17.6. The van der Waals surface area contributed by atoms with Crippen molar-refractivity contribution in [1.82, 2.24) is 9.80 Å². The molecule has 1 aliphatic rings. The van der Waals surface area contributed by atoms with Crippen molar-refractivity contribution in [2.45, 2.75) is 13.0 Å². The number of hydrogen-bond donors (Lipinski definition) is 0. The maximum Gasteiger partial charge on any atom is 0.253 e. The Hall–Kier alpha value is -2.16. The summed E-state index contributed by atoms with van der Waals surface area (Å²) in [7, 11) is 0. The van der Waals surface area contributed by atoms with E-state index in [-0.39, 0.29) is 5.91 Å². The molecule has 3 rings (SSSR count). The largest absolute Gasteiger partial charge is 0.337 e. The third kappa shape index (κ3) is 4.68. The standard InChI is InChI=1S/C20H20BrN3O/c21-19-4-1-3-18(13-19)20(25)24-10-2-9-23(11-12-24)15-17-7-5-16(14-22)6-8-17/h1,3-8,13H,2,9-12,15H2. The van der Waals surface area contributed by atoms with Crippen molar-refractivity contribution in [3.63, 3.8) is 0 Å². The van der Waals surface area contributed by atoms with Crippen molar-refractivity contribution in [3.05, 3.63) is 69.7 Å². The van der Waals surface area contributed by atoms with E-state index in [2.05, 4.69) is 26.9 Å². The van der Waals surface area contributed by atoms with Gasteiger partial charge in [0.1, 0.15) is 0 Å². The lowest BCUT2D eigenvalue weighted by molar-refractivity contribution is 0.0761. The average Bonchev–Trinajstić information content (AvgIpc) is 2.87. The van der Waals surface area contributed by atoms with E-state index >= 15 is 0 Å². The lowest BCUT2D eigenvalue weighted by Gasteiger charge is -2.22. The Morgan fingerprint density at radius 3 is 2.60 bits per heavy atom. The minimum absolute atomic E-state index is 0.0986. The molecule has 2 aromatic rings. The van der Waals surface area contributed by atoms with E-state index in [0.717, 1.165) is 49.2 Å². The summed E-state index contributed by atoms with van der Waals surface area (Å²) in [4.78, 5) is 17.0. The monoisotopic (exact) mass is 397 g/mol. The van der Waals surface area contributed by atoms with Gasteiger partial charge < -0.3 is 4.90 Å². The molecular formula is C20H20BrN3O. The van der Waals surface area contributed by atoms with Crippen LogP contribution < -0.4 is 0 Å². The molecule has 2 aromatic carbocycles. The van der Waals surface area contributed by atoms with Crippen LogP contribution in [0.3, 0.4) is 0 Å². The third-order valence-electron chi connectivity index (χ3n) is 4.44. The van der Waals surface area contributed by atoms with Gasteiger partial charge in [0.25, 0.3) is 5.91 Å². The third-order valence-corrected chi connectivity index (χ3v) is 4.93. The van der Waals surface area contributed by atoms with E-state index < -0.39 is 0 Å². The Kier molecular flexibility index (Phi) is 5.85. The molecule has 1 amide bonds. The second kappa shape index (κ2) is 8.28. The lowest BCUT2D eigenvalue weighted by atomic mass is 10.1. The maximum absolute atomic E-state index is 12.7. The normalized spacial score (nSPS) is 15.4. The van der Waals surface area contributed by atoms with E-state index in [1.54, 1.807) is 0 Å². The number of nitrogens with zero attached hydrogens (tertiary/aromatic N) is 3. The summed E-state index contributed by atoms with van der Waals surface area (Å²) < 4.78 is 0.926. The predicted octanol–water partition coefficient (Wildman–Crippen LogP) is 3.67. The van der Waals surface area contributed by atoms with E-state index in [1.807, 2.05) is 53.4 Å². The van der Waals surface area contributed by atoms with Crippen molar-refractivity contribution < 1.29 is 4.79 Å². The number of rotatable bonds is 3. The molecule has 0 aromatic heterocycles. The SMILES string of the molecule is N#Cc1ccc(CN2CCCN(C(=O)c3cccc(Br)c3)CC2)cc1. The Balaban J connectivity index is 1.60. The topological polar surface area (TPSA) is 47.3 Å². The van der Waals surface area contributed by atoms with Gasteiger partial charge in [0, 0.05) is 42.8 Å². The molecule has 25 heavy (non-hydrogen) atoms. The molecule has 0 radical (unpaired) electrons. The lowest BCUT2D eigenvalue weighted by Crippen LogP contribution is -2.35. The van der Waals surface area contributed by atoms with Crippen LogP contribution in [0.2, 0.25) is 0 Å². The number of hydrogen-bond acceptors (Lipinski definition) is 3. The zero-order valence-corrected chi connectivity index (χ0v) is 15.6. The maximum atomic E-state index is 12.7. The van der Waals surface area contributed by atoms with E-state index in [1.165, 1.54) is 5.56 Å². The van der Waals surface area contributed by atoms with Crippen LogP contribution in [0, 0.1) is 11.3 Å². The van der Waals surface area contributed by atoms with Crippen LogP contribution in [-0.2, 0) is 6.54 Å². The number of carbonyl (C=O) groups is 1. The highest BCUT2D eigenvalue weighted by Gasteiger charge is 2.20. The fraction of sp³-hybridized carbons (Fsp3) is 0.300. The van der Waals surface area contributed by atoms with E-state index in [0.29, 0.717) is 5.56 Å². The molecule has 0 bridgehead atoms. The Labute approximate surface area is 156 Å². The van der Waals surface area contributed by atoms with Gasteiger partial charge in [0.2, 0.25) is 0 Å². The van der Waals surface area contributed by atoms with Gasteiger partial charge in [-0.05, 0) is 42.3 Å². The van der Waals surface area contributed by atoms with Gasteiger partial charge in [-0.15, -0.1) is 0 Å². The molecule has 0 aliphatic carbocycles. The highest BCUT2D eigenvalue weighted by Crippen LogP contribution is 2.16. The zero-order valence-electron chi connectivity index (χ0n) is 14.0. The van der Waals surface area contributed by atoms with Gasteiger partial charge >= 0.3 is 0 Å². The van der Waals surface area contributed by atoms with Crippen molar-refractivity contribution in [2.75, 3.05) is 26.2 Å². The smallest absolute Gasteiger partial charge is 0.253 e. The quantitative estimate of drug-likeness (QED) is 0.793. The average molecular weight is 398 g/mol. The number of benzene rings is 2. The minimum Gasteiger partial charge on any atom is -0.337 e. The van der Waals surface area contributed by atoms with E-state index in [9.17, 15) is 4.79 Å². The fourth-order valence-electron chi connectivity index (χ4n) is 3.08. The van der Waals surface area contributed by atoms with Crippen molar-refractivity contribution in [1.29, 1.82) is 5.26 Å². The predicted molar refractivity (Wildman–Crippen MR) is 101 cm³/mol. The van der Waals surface area contributed by atoms with Crippen LogP contribution in [0.4, 0.5) is 0 Å². The molecule has 0 N–H and O–H groups in total. The summed E-state index contributed by atoms with van der Waals surface area (Å²) in [5, 5.41) is 8.88. The summed E-state index contributed by atoms with van der Waals surface area (Å²) in [5.41, 5.74) is 2.62. The molecule has 4 nitrogen and oxygen atoms in total. The molecule has 1 saturated heterocycles. The van der Waals surface area contributed by atoms with Crippen LogP contribution >= 0.6 is 15.9 Å². The summed E-state index contributed by atoms with van der Waals surface area (Å²) in [6.45, 7) is 4.21. The molecule has 0 saturated carbocycles. The first-order chi connectivity index (χ1) is 12.2. The van der Waals surface area contributed by atoms with Gasteiger partial charge in [0.15, 0.2) is 0 Å². The summed E-state index contributed by atoms with van der Waals surface area (Å²) in [5.74, 6) is 0.0986. The second-order valence-corrected chi connectivity index (χ2v) is 7.16. The summed E-state index contributed by atoms with van der Waals surface area (Å²) in [6, 6.07) is 17.4. The second-order valence-electron chi connectivity index (χ2n) is 6.24. The fourth-order valence-corrected chi connectivity index (χ4v) is 3.48. The Bertz CT molecular complexity index is 782. The summed E-state index contributed by atoms with van der Waals surface area (Å²) in [6.07, 6.45) is 0.968. The minimum atomic E-state index is 0.0986. The van der Waals surface area contributed by atoms with Gasteiger partial charge in [-0.3, -0.25) is 9.69 Å². The molecule has 5 heteroatoms. The van der Waals surface area contributed by atoms with Crippen molar-refractivity contribution in [3.8, 4) is 6.07 Å². The Morgan fingerprint density at radius 1 is 1.08 bits per heavy atom. The molecular weight excluding hydrogens is 378 g/mol. The molecule has 0 spiro atoms. The van der Waals surface area contributed by atoms with Crippen LogP contribution in [0.15, 0.2) is 53.0 Å². The van der Waals surface area contributed by atoms with Crippen LogP contribution in [0.25, 0.3) is 0 Å². The molecule has 0 unspecified atom stereocenters. The number of amides is 1. The molecule has 1 heterocycles. The van der Waals surface area contributed by atoms with Crippen molar-refractivity contribution >= 4 is 21.8 Å². The van der Waals surface area contributed by atoms with Crippen LogP contribution in [-0.4, -0.2) is 41.9 Å². The van der Waals surface area contributed by atoms with Gasteiger partial charge in [-0.1, -0.05) is 34.1 Å². The number of carbonyl (C=O) groups excluding carboxylic acids is 1. The van der Waals surface area contributed by atoms with Gasteiger partial charge in [-0.2, -0.15) is 5.26 Å². The van der Waals surface area contributed by atoms with Crippen LogP contribution in [0.5, 0.6) is 0 Å². The molecule has 0 atom stereocenters. The van der Waals surface area contributed by atoms with Gasteiger partial charge in [-0.25, -0.2) is 0 Å². The highest BCUT2D eigenvalue weighted by atomic mass is 79.9. The first-order valence-electron chi connectivity index (χ1n) is 8.42. The first kappa shape index (κ1) is 17.7. The summed E-state index contributed by atoms with van der Waals surface area (Å²) >= 11 is 3.43. The first-order valence-corrected chi connectivity index (χ1v) is 9.21. The highest BCUT2D eigenvalue weighted by molar-refractivity contribution is 9.10. The molecule has 1 fully saturated rings. The molecule has 1 aliphatic heterocycles. The number of nitriles is 1. The number of halogens is 1. The molecule has 128 valence electrons. The van der Waals surface area contributed by atoms with Gasteiger partial charge in [0.05, 0.1) is 11.6 Å². The Morgan fingerprint density at radius 2 is 1.88 bits per heavy atom.